The summed E-state index contributed by atoms with van der Waals surface area (Å²) in [5.41, 5.74) is 2.04. The molecule has 0 bridgehead atoms. The van der Waals surface area contributed by atoms with Gasteiger partial charge in [-0.05, 0) is 72.3 Å². The highest BCUT2D eigenvalue weighted by Crippen LogP contribution is 2.36. The fourth-order valence-electron chi connectivity index (χ4n) is 3.27. The van der Waals surface area contributed by atoms with E-state index in [0.29, 0.717) is 11.1 Å². The van der Waals surface area contributed by atoms with Crippen LogP contribution in [0.2, 0.25) is 0 Å². The van der Waals surface area contributed by atoms with Crippen LogP contribution in [-0.2, 0) is 21.5 Å². The van der Waals surface area contributed by atoms with E-state index >= 15 is 0 Å². The fourth-order valence-corrected chi connectivity index (χ4v) is 5.05. The summed E-state index contributed by atoms with van der Waals surface area (Å²) in [5, 5.41) is -0.443. The van der Waals surface area contributed by atoms with E-state index in [4.69, 9.17) is 8.92 Å². The van der Waals surface area contributed by atoms with Gasteiger partial charge in [0.15, 0.2) is 11.5 Å². The summed E-state index contributed by atoms with van der Waals surface area (Å²) < 4.78 is 48.9. The highest BCUT2D eigenvalue weighted by molar-refractivity contribution is 8.18. The fraction of sp³-hybridized carbons (Fsp3) is 0.120. The lowest BCUT2D eigenvalue weighted by atomic mass is 10.1. The van der Waals surface area contributed by atoms with Crippen molar-refractivity contribution in [2.45, 2.75) is 18.4 Å². The predicted molar refractivity (Wildman–Crippen MR) is 130 cm³/mol. The van der Waals surface area contributed by atoms with Crippen molar-refractivity contribution in [1.29, 1.82) is 0 Å². The minimum atomic E-state index is -4.08. The highest BCUT2D eigenvalue weighted by atomic mass is 32.2. The highest BCUT2D eigenvalue weighted by Gasteiger charge is 2.35. The third-order valence-corrected chi connectivity index (χ3v) is 7.28. The van der Waals surface area contributed by atoms with Crippen LogP contribution in [0.4, 0.5) is 9.18 Å². The summed E-state index contributed by atoms with van der Waals surface area (Å²) in [4.78, 5) is 26.5. The zero-order chi connectivity index (χ0) is 25.2. The van der Waals surface area contributed by atoms with Crippen LogP contribution in [0.3, 0.4) is 0 Å². The number of amides is 2. The second-order valence-corrected chi connectivity index (χ2v) is 10.2. The Labute approximate surface area is 206 Å². The molecule has 1 heterocycles. The molecule has 4 rings (SSSR count). The van der Waals surface area contributed by atoms with Gasteiger partial charge in [-0.15, -0.1) is 0 Å². The number of methoxy groups -OCH3 is 1. The SMILES string of the molecule is COc1cc(/C=C2\SC(=O)N(Cc3ccc(F)cc3)C2=O)ccc1OS(=O)(=O)c1ccc(C)cc1. The molecule has 3 aromatic rings. The van der Waals surface area contributed by atoms with Gasteiger partial charge in [0.05, 0.1) is 18.6 Å². The van der Waals surface area contributed by atoms with Gasteiger partial charge in [-0.2, -0.15) is 8.42 Å². The quantitative estimate of drug-likeness (QED) is 0.319. The average Bonchev–Trinajstić information content (AvgIpc) is 3.08. The Balaban J connectivity index is 1.54. The van der Waals surface area contributed by atoms with Crippen molar-refractivity contribution < 1.29 is 31.3 Å². The smallest absolute Gasteiger partial charge is 0.339 e. The van der Waals surface area contributed by atoms with Gasteiger partial charge >= 0.3 is 10.1 Å². The minimum absolute atomic E-state index is 0.00376. The molecule has 0 unspecified atom stereocenters. The van der Waals surface area contributed by atoms with Gasteiger partial charge < -0.3 is 8.92 Å². The predicted octanol–water partition coefficient (Wildman–Crippen LogP) is 5.15. The lowest BCUT2D eigenvalue weighted by Gasteiger charge is -2.12. The Hall–Kier alpha value is -3.63. The Morgan fingerprint density at radius 1 is 0.971 bits per heavy atom. The molecule has 0 saturated carbocycles. The lowest BCUT2D eigenvalue weighted by molar-refractivity contribution is -0.123. The monoisotopic (exact) mass is 513 g/mol. The van der Waals surface area contributed by atoms with Crippen LogP contribution in [0.15, 0.2) is 76.5 Å². The molecule has 2 amide bonds. The first-order valence-electron chi connectivity index (χ1n) is 10.4. The lowest BCUT2D eigenvalue weighted by Crippen LogP contribution is -2.27. The summed E-state index contributed by atoms with van der Waals surface area (Å²) in [7, 11) is -2.72. The number of imide groups is 1. The Kier molecular flexibility index (Phi) is 6.95. The van der Waals surface area contributed by atoms with Crippen LogP contribution in [0, 0.1) is 12.7 Å². The van der Waals surface area contributed by atoms with Crippen molar-refractivity contribution in [3.05, 3.63) is 94.1 Å². The third-order valence-electron chi connectivity index (χ3n) is 5.12. The van der Waals surface area contributed by atoms with Gasteiger partial charge in [0.2, 0.25) is 0 Å². The zero-order valence-corrected chi connectivity index (χ0v) is 20.4. The Bertz CT molecular complexity index is 1420. The first-order chi connectivity index (χ1) is 16.7. The number of nitrogens with zero attached hydrogens (tertiary/aromatic N) is 1. The largest absolute Gasteiger partial charge is 0.493 e. The summed E-state index contributed by atoms with van der Waals surface area (Å²) in [5.74, 6) is -0.768. The first kappa shape index (κ1) is 24.5. The van der Waals surface area contributed by atoms with Gasteiger partial charge in [0, 0.05) is 0 Å². The molecule has 0 N–H and O–H groups in total. The van der Waals surface area contributed by atoms with E-state index in [2.05, 4.69) is 0 Å². The summed E-state index contributed by atoms with van der Waals surface area (Å²) in [6.45, 7) is 1.87. The molecular weight excluding hydrogens is 493 g/mol. The molecule has 35 heavy (non-hydrogen) atoms. The van der Waals surface area contributed by atoms with Crippen LogP contribution >= 0.6 is 11.8 Å². The average molecular weight is 514 g/mol. The third kappa shape index (κ3) is 5.55. The van der Waals surface area contributed by atoms with Gasteiger partial charge in [0.1, 0.15) is 10.7 Å². The van der Waals surface area contributed by atoms with Gasteiger partial charge in [0.25, 0.3) is 11.1 Å². The normalized spacial score (nSPS) is 15.1. The number of aryl methyl sites for hydroxylation is 1. The van der Waals surface area contributed by atoms with E-state index < -0.39 is 27.1 Å². The van der Waals surface area contributed by atoms with Crippen molar-refractivity contribution in [1.82, 2.24) is 4.90 Å². The molecule has 1 fully saturated rings. The number of carbonyl (C=O) groups is 2. The van der Waals surface area contributed by atoms with Crippen LogP contribution < -0.4 is 8.92 Å². The standard InChI is InChI=1S/C25H20FNO6S2/c1-16-3-10-20(11-4-16)35(30,31)33-21-12-7-18(13-22(21)32-2)14-23-24(28)27(25(29)34-23)15-17-5-8-19(26)9-6-17/h3-14H,15H2,1-2H3/b23-14-. The Morgan fingerprint density at radius 2 is 1.66 bits per heavy atom. The number of halogens is 1. The number of ether oxygens (including phenoxy) is 1. The van der Waals surface area contributed by atoms with E-state index in [1.165, 1.54) is 61.7 Å². The topological polar surface area (TPSA) is 90.0 Å². The molecule has 3 aromatic carbocycles. The van der Waals surface area contributed by atoms with E-state index in [-0.39, 0.29) is 27.8 Å². The second-order valence-electron chi connectivity index (χ2n) is 7.66. The van der Waals surface area contributed by atoms with Gasteiger partial charge in [-0.1, -0.05) is 35.9 Å². The van der Waals surface area contributed by atoms with E-state index in [0.717, 1.165) is 22.2 Å². The molecule has 0 aliphatic carbocycles. The number of hydrogen-bond donors (Lipinski definition) is 0. The molecule has 180 valence electrons. The number of carbonyl (C=O) groups excluding carboxylic acids is 2. The van der Waals surface area contributed by atoms with E-state index in [1.807, 2.05) is 6.92 Å². The summed E-state index contributed by atoms with van der Waals surface area (Å²) >= 11 is 0.782. The molecule has 1 saturated heterocycles. The first-order valence-corrected chi connectivity index (χ1v) is 12.6. The van der Waals surface area contributed by atoms with Crippen LogP contribution in [0.1, 0.15) is 16.7 Å². The van der Waals surface area contributed by atoms with Gasteiger partial charge in [-0.3, -0.25) is 14.5 Å². The number of thioether (sulfide) groups is 1. The molecule has 0 spiro atoms. The van der Waals surface area contributed by atoms with Crippen LogP contribution in [0.25, 0.3) is 6.08 Å². The molecule has 1 aliphatic rings. The number of rotatable bonds is 7. The Morgan fingerprint density at radius 3 is 2.31 bits per heavy atom. The molecule has 0 atom stereocenters. The van der Waals surface area contributed by atoms with E-state index in [9.17, 15) is 22.4 Å². The minimum Gasteiger partial charge on any atom is -0.493 e. The molecule has 1 aliphatic heterocycles. The van der Waals surface area contributed by atoms with E-state index in [1.54, 1.807) is 18.2 Å². The maximum atomic E-state index is 13.1. The molecule has 0 radical (unpaired) electrons. The zero-order valence-electron chi connectivity index (χ0n) is 18.7. The molecule has 7 nitrogen and oxygen atoms in total. The van der Waals surface area contributed by atoms with Crippen molar-refractivity contribution >= 4 is 39.1 Å². The second kappa shape index (κ2) is 9.93. The van der Waals surface area contributed by atoms with Crippen molar-refractivity contribution in [3.8, 4) is 11.5 Å². The van der Waals surface area contributed by atoms with Crippen molar-refractivity contribution in [2.24, 2.45) is 0 Å². The van der Waals surface area contributed by atoms with Crippen molar-refractivity contribution in [3.63, 3.8) is 0 Å². The van der Waals surface area contributed by atoms with Crippen LogP contribution in [0.5, 0.6) is 11.5 Å². The van der Waals surface area contributed by atoms with Crippen LogP contribution in [-0.4, -0.2) is 31.6 Å². The van der Waals surface area contributed by atoms with Crippen molar-refractivity contribution in [2.75, 3.05) is 7.11 Å². The number of hydrogen-bond acceptors (Lipinski definition) is 7. The molecular formula is C25H20FNO6S2. The maximum absolute atomic E-state index is 13.1. The summed E-state index contributed by atoms with van der Waals surface area (Å²) in [6.07, 6.45) is 1.51. The maximum Gasteiger partial charge on any atom is 0.339 e. The van der Waals surface area contributed by atoms with Gasteiger partial charge in [-0.25, -0.2) is 4.39 Å². The molecule has 0 aromatic heterocycles. The number of benzene rings is 3. The summed E-state index contributed by atoms with van der Waals surface area (Å²) in [6, 6.07) is 16.3. The molecule has 10 heteroatoms.